The van der Waals surface area contributed by atoms with Crippen molar-refractivity contribution in [1.82, 2.24) is 14.5 Å². The number of hydrogen-bond acceptors (Lipinski definition) is 2. The maximum absolute atomic E-state index is 13.4. The van der Waals surface area contributed by atoms with Gasteiger partial charge in [0, 0.05) is 51.9 Å². The summed E-state index contributed by atoms with van der Waals surface area (Å²) < 4.78 is 2.26. The molecule has 28 heavy (non-hydrogen) atoms. The van der Waals surface area contributed by atoms with E-state index in [1.807, 2.05) is 36.5 Å². The van der Waals surface area contributed by atoms with E-state index >= 15 is 0 Å². The van der Waals surface area contributed by atoms with Crippen LogP contribution in [-0.4, -0.2) is 39.9 Å². The monoisotopic (exact) mass is 371 g/mol. The molecule has 1 N–H and O–H groups in total. The van der Waals surface area contributed by atoms with Gasteiger partial charge in [0.1, 0.15) is 0 Å². The molecule has 1 saturated heterocycles. The van der Waals surface area contributed by atoms with Crippen LogP contribution in [0, 0.1) is 0 Å². The Kier molecular flexibility index (Phi) is 4.49. The summed E-state index contributed by atoms with van der Waals surface area (Å²) in [5.74, 6) is 0.0898. The standard InChI is InChI=1S/C24H25N3O/c28-24(20-16-25-22-10-3-1-8-18(20)22)21-17-27(23-11-4-2-9-19(21)23)15-7-14-26-12-5-6-13-26/h1-4,8-11,16-17,25H,5-7,12-15H2. The Morgan fingerprint density at radius 2 is 1.64 bits per heavy atom. The largest absolute Gasteiger partial charge is 0.360 e. The van der Waals surface area contributed by atoms with Crippen molar-refractivity contribution in [3.05, 3.63) is 72.1 Å². The fourth-order valence-electron chi connectivity index (χ4n) is 4.49. The molecule has 0 bridgehead atoms. The Morgan fingerprint density at radius 3 is 2.50 bits per heavy atom. The van der Waals surface area contributed by atoms with Gasteiger partial charge in [0.15, 0.2) is 5.78 Å². The summed E-state index contributed by atoms with van der Waals surface area (Å²) >= 11 is 0. The molecule has 0 radical (unpaired) electrons. The number of H-pyrrole nitrogens is 1. The Hall–Kier alpha value is -2.85. The normalized spacial score (nSPS) is 15.0. The van der Waals surface area contributed by atoms with Gasteiger partial charge in [-0.1, -0.05) is 36.4 Å². The number of hydrogen-bond donors (Lipinski definition) is 1. The van der Waals surface area contributed by atoms with Gasteiger partial charge >= 0.3 is 0 Å². The second-order valence-corrected chi connectivity index (χ2v) is 7.73. The number of aromatic nitrogens is 2. The highest BCUT2D eigenvalue weighted by Crippen LogP contribution is 2.27. The summed E-state index contributed by atoms with van der Waals surface area (Å²) in [5, 5.41) is 2.03. The Balaban J connectivity index is 1.46. The van der Waals surface area contributed by atoms with Crippen molar-refractivity contribution in [2.45, 2.75) is 25.8 Å². The van der Waals surface area contributed by atoms with E-state index in [9.17, 15) is 4.79 Å². The molecule has 4 heteroatoms. The lowest BCUT2D eigenvalue weighted by molar-refractivity contribution is 0.104. The van der Waals surface area contributed by atoms with Gasteiger partial charge in [-0.15, -0.1) is 0 Å². The molecule has 2 aromatic carbocycles. The van der Waals surface area contributed by atoms with Crippen LogP contribution in [-0.2, 0) is 6.54 Å². The number of ketones is 1. The maximum atomic E-state index is 13.4. The van der Waals surface area contributed by atoms with Crippen LogP contribution in [0.5, 0.6) is 0 Å². The zero-order valence-electron chi connectivity index (χ0n) is 16.0. The number of aromatic amines is 1. The molecule has 4 nitrogen and oxygen atoms in total. The zero-order chi connectivity index (χ0) is 18.9. The van der Waals surface area contributed by atoms with E-state index in [0.29, 0.717) is 0 Å². The molecule has 3 heterocycles. The first-order chi connectivity index (χ1) is 13.8. The van der Waals surface area contributed by atoms with Crippen LogP contribution in [0.3, 0.4) is 0 Å². The van der Waals surface area contributed by atoms with Gasteiger partial charge in [-0.2, -0.15) is 0 Å². The quantitative estimate of drug-likeness (QED) is 0.493. The molecule has 0 amide bonds. The van der Waals surface area contributed by atoms with Crippen molar-refractivity contribution in [2.24, 2.45) is 0 Å². The number of fused-ring (bicyclic) bond motifs is 2. The van der Waals surface area contributed by atoms with Crippen LogP contribution >= 0.6 is 0 Å². The third kappa shape index (κ3) is 3.04. The van der Waals surface area contributed by atoms with Crippen LogP contribution in [0.15, 0.2) is 60.9 Å². The van der Waals surface area contributed by atoms with Gasteiger partial charge in [-0.25, -0.2) is 0 Å². The SMILES string of the molecule is O=C(c1c[nH]c2ccccc12)c1cn(CCCN2CCCC2)c2ccccc12. The first kappa shape index (κ1) is 17.3. The second kappa shape index (κ2) is 7.28. The smallest absolute Gasteiger partial charge is 0.197 e. The molecule has 0 spiro atoms. The van der Waals surface area contributed by atoms with Gasteiger partial charge in [-0.3, -0.25) is 4.79 Å². The molecule has 0 unspecified atom stereocenters. The predicted molar refractivity (Wildman–Crippen MR) is 114 cm³/mol. The predicted octanol–water partition coefficient (Wildman–Crippen LogP) is 4.84. The molecule has 4 aromatic rings. The molecule has 1 aliphatic rings. The van der Waals surface area contributed by atoms with E-state index in [2.05, 4.69) is 38.8 Å². The average molecular weight is 371 g/mol. The van der Waals surface area contributed by atoms with E-state index in [1.54, 1.807) is 0 Å². The van der Waals surface area contributed by atoms with Crippen LogP contribution < -0.4 is 0 Å². The third-order valence-electron chi connectivity index (χ3n) is 5.94. The van der Waals surface area contributed by atoms with Crippen molar-refractivity contribution in [3.8, 4) is 0 Å². The van der Waals surface area contributed by atoms with E-state index < -0.39 is 0 Å². The molecule has 0 atom stereocenters. The molecule has 5 rings (SSSR count). The molecule has 2 aromatic heterocycles. The summed E-state index contributed by atoms with van der Waals surface area (Å²) in [6.45, 7) is 4.55. The lowest BCUT2D eigenvalue weighted by Crippen LogP contribution is -2.21. The lowest BCUT2D eigenvalue weighted by Gasteiger charge is -2.14. The van der Waals surface area contributed by atoms with Gasteiger partial charge in [0.2, 0.25) is 0 Å². The number of benzene rings is 2. The van der Waals surface area contributed by atoms with Crippen molar-refractivity contribution in [1.29, 1.82) is 0 Å². The summed E-state index contributed by atoms with van der Waals surface area (Å²) in [5.41, 5.74) is 3.68. The first-order valence-electron chi connectivity index (χ1n) is 10.2. The van der Waals surface area contributed by atoms with E-state index in [4.69, 9.17) is 0 Å². The van der Waals surface area contributed by atoms with E-state index in [0.717, 1.165) is 52.4 Å². The molecule has 0 saturated carbocycles. The number of aryl methyl sites for hydroxylation is 1. The van der Waals surface area contributed by atoms with Crippen LogP contribution in [0.25, 0.3) is 21.8 Å². The molecule has 1 aliphatic heterocycles. The molecular weight excluding hydrogens is 346 g/mol. The first-order valence-corrected chi connectivity index (χ1v) is 10.2. The minimum Gasteiger partial charge on any atom is -0.360 e. The number of likely N-dealkylation sites (tertiary alicyclic amines) is 1. The minimum absolute atomic E-state index is 0.0898. The van der Waals surface area contributed by atoms with Crippen LogP contribution in [0.4, 0.5) is 0 Å². The van der Waals surface area contributed by atoms with Crippen LogP contribution in [0.1, 0.15) is 35.2 Å². The number of nitrogens with one attached hydrogen (secondary N) is 1. The van der Waals surface area contributed by atoms with E-state index in [1.165, 1.54) is 25.9 Å². The molecule has 1 fully saturated rings. The Labute approximate surface area is 164 Å². The van der Waals surface area contributed by atoms with Crippen molar-refractivity contribution >= 4 is 27.6 Å². The Morgan fingerprint density at radius 1 is 0.893 bits per heavy atom. The number of rotatable bonds is 6. The van der Waals surface area contributed by atoms with E-state index in [-0.39, 0.29) is 5.78 Å². The molecule has 142 valence electrons. The fourth-order valence-corrected chi connectivity index (χ4v) is 4.49. The Bertz CT molecular complexity index is 1130. The number of nitrogens with zero attached hydrogens (tertiary/aromatic N) is 2. The van der Waals surface area contributed by atoms with Gasteiger partial charge in [0.25, 0.3) is 0 Å². The summed E-state index contributed by atoms with van der Waals surface area (Å²) in [6.07, 6.45) is 7.66. The number of para-hydroxylation sites is 2. The highest BCUT2D eigenvalue weighted by Gasteiger charge is 2.19. The molecular formula is C24H25N3O. The fraction of sp³-hybridized carbons (Fsp3) is 0.292. The molecule has 0 aliphatic carbocycles. The minimum atomic E-state index is 0.0898. The number of carbonyl (C=O) groups excluding carboxylic acids is 1. The average Bonchev–Trinajstić information content (AvgIpc) is 3.47. The topological polar surface area (TPSA) is 41.0 Å². The van der Waals surface area contributed by atoms with Gasteiger partial charge < -0.3 is 14.5 Å². The summed E-state index contributed by atoms with van der Waals surface area (Å²) in [6, 6.07) is 16.2. The summed E-state index contributed by atoms with van der Waals surface area (Å²) in [7, 11) is 0. The van der Waals surface area contributed by atoms with Gasteiger partial charge in [0.05, 0.1) is 0 Å². The second-order valence-electron chi connectivity index (χ2n) is 7.73. The highest BCUT2D eigenvalue weighted by molar-refractivity contribution is 6.21. The van der Waals surface area contributed by atoms with Crippen molar-refractivity contribution < 1.29 is 4.79 Å². The maximum Gasteiger partial charge on any atom is 0.197 e. The third-order valence-corrected chi connectivity index (χ3v) is 5.94. The van der Waals surface area contributed by atoms with Crippen molar-refractivity contribution in [2.75, 3.05) is 19.6 Å². The summed E-state index contributed by atoms with van der Waals surface area (Å²) in [4.78, 5) is 19.2. The zero-order valence-corrected chi connectivity index (χ0v) is 16.0. The lowest BCUT2D eigenvalue weighted by atomic mass is 10.0. The van der Waals surface area contributed by atoms with Crippen LogP contribution in [0.2, 0.25) is 0 Å². The highest BCUT2D eigenvalue weighted by atomic mass is 16.1. The van der Waals surface area contributed by atoms with Crippen molar-refractivity contribution in [3.63, 3.8) is 0 Å². The number of carbonyl (C=O) groups is 1. The van der Waals surface area contributed by atoms with Gasteiger partial charge in [-0.05, 0) is 51.0 Å².